The molecule has 0 aliphatic carbocycles. The second-order valence-electron chi connectivity index (χ2n) is 7.10. The van der Waals surface area contributed by atoms with Crippen LogP contribution in [-0.4, -0.2) is 77.2 Å². The molecule has 0 rings (SSSR count). The second-order valence-corrected chi connectivity index (χ2v) is 7.10. The van der Waals surface area contributed by atoms with Crippen LogP contribution in [0, 0.1) is 5.92 Å². The number of carboxylic acids is 1. The van der Waals surface area contributed by atoms with Gasteiger partial charge in [-0.25, -0.2) is 4.79 Å². The Balaban J connectivity index is 4.98. The zero-order valence-corrected chi connectivity index (χ0v) is 17.4. The van der Waals surface area contributed by atoms with Gasteiger partial charge >= 0.3 is 5.97 Å². The Labute approximate surface area is 174 Å². The maximum Gasteiger partial charge on any atom is 0.326 e. The molecule has 0 radical (unpaired) electrons. The van der Waals surface area contributed by atoms with Crippen molar-refractivity contribution in [2.75, 3.05) is 13.2 Å². The lowest BCUT2D eigenvalue weighted by atomic mass is 10.0. The van der Waals surface area contributed by atoms with Gasteiger partial charge in [-0.15, -0.1) is 0 Å². The molecule has 3 amide bonds. The van der Waals surface area contributed by atoms with Gasteiger partial charge in [0.15, 0.2) is 5.96 Å². The summed E-state index contributed by atoms with van der Waals surface area (Å²) in [6.07, 6.45) is 0.407. The smallest absolute Gasteiger partial charge is 0.326 e. The maximum atomic E-state index is 12.6. The zero-order chi connectivity index (χ0) is 23.4. The number of hydrogen-bond donors (Lipinski definition) is 8. The SMILES string of the molecule is CC(NC(=O)C(N)CO)C(=O)NC(C(=O)NC(CCCN=C(N)N)C(=O)O)C(C)C. The fourth-order valence-electron chi connectivity index (χ4n) is 2.30. The molecule has 0 aromatic rings. The number of nitrogens with one attached hydrogen (secondary N) is 3. The van der Waals surface area contributed by atoms with Crippen molar-refractivity contribution in [1.29, 1.82) is 0 Å². The summed E-state index contributed by atoms with van der Waals surface area (Å²) in [4.78, 5) is 51.8. The van der Waals surface area contributed by atoms with E-state index < -0.39 is 54.5 Å². The van der Waals surface area contributed by atoms with Gasteiger partial charge < -0.3 is 43.4 Å². The van der Waals surface area contributed by atoms with Crippen LogP contribution in [-0.2, 0) is 19.2 Å². The van der Waals surface area contributed by atoms with Crippen LogP contribution in [0.4, 0.5) is 0 Å². The van der Waals surface area contributed by atoms with E-state index in [2.05, 4.69) is 20.9 Å². The number of rotatable bonds is 13. The Morgan fingerprint density at radius 3 is 2.03 bits per heavy atom. The molecule has 0 heterocycles. The molecule has 11 N–H and O–H groups in total. The van der Waals surface area contributed by atoms with Gasteiger partial charge in [-0.3, -0.25) is 19.4 Å². The van der Waals surface area contributed by atoms with Crippen LogP contribution in [0.3, 0.4) is 0 Å². The molecule has 30 heavy (non-hydrogen) atoms. The van der Waals surface area contributed by atoms with E-state index in [1.807, 2.05) is 0 Å². The van der Waals surface area contributed by atoms with E-state index >= 15 is 0 Å². The standard InChI is InChI=1S/C17H33N7O6/c1-8(2)12(24-13(26)9(3)22-14(27)10(18)7-25)15(28)23-11(16(29)30)5-4-6-21-17(19)20/h8-12,25H,4-7,18H2,1-3H3,(H,22,27)(H,23,28)(H,24,26)(H,29,30)(H4,19,20,21). The molecule has 4 unspecified atom stereocenters. The Morgan fingerprint density at radius 2 is 1.57 bits per heavy atom. The number of guanidine groups is 1. The maximum absolute atomic E-state index is 12.6. The quantitative estimate of drug-likeness (QED) is 0.0821. The summed E-state index contributed by atoms with van der Waals surface area (Å²) >= 11 is 0. The first-order valence-corrected chi connectivity index (χ1v) is 9.46. The molecule has 172 valence electrons. The normalized spacial score (nSPS) is 14.7. The van der Waals surface area contributed by atoms with Gasteiger partial charge in [0.1, 0.15) is 24.2 Å². The topological polar surface area (TPSA) is 235 Å². The fourth-order valence-corrected chi connectivity index (χ4v) is 2.30. The minimum absolute atomic E-state index is 0.0854. The molecule has 0 fully saturated rings. The Kier molecular flexibility index (Phi) is 12.0. The highest BCUT2D eigenvalue weighted by atomic mass is 16.4. The second kappa shape index (κ2) is 13.3. The van der Waals surface area contributed by atoms with Crippen LogP contribution in [0.25, 0.3) is 0 Å². The first-order valence-electron chi connectivity index (χ1n) is 9.46. The highest BCUT2D eigenvalue weighted by molar-refractivity contribution is 5.94. The Bertz CT molecular complexity index is 636. The summed E-state index contributed by atoms with van der Waals surface area (Å²) < 4.78 is 0. The molecule has 13 nitrogen and oxygen atoms in total. The lowest BCUT2D eigenvalue weighted by molar-refractivity contribution is -0.142. The molecule has 4 atom stereocenters. The van der Waals surface area contributed by atoms with Gasteiger partial charge in [0.2, 0.25) is 17.7 Å². The third kappa shape index (κ3) is 10.0. The largest absolute Gasteiger partial charge is 0.480 e. The number of aliphatic imine (C=N–C) groups is 1. The van der Waals surface area contributed by atoms with Crippen molar-refractivity contribution in [2.45, 2.75) is 57.8 Å². The molecule has 0 aromatic carbocycles. The third-order valence-corrected chi connectivity index (χ3v) is 4.09. The van der Waals surface area contributed by atoms with Crippen LogP contribution in [0.1, 0.15) is 33.6 Å². The van der Waals surface area contributed by atoms with E-state index in [1.165, 1.54) is 6.92 Å². The van der Waals surface area contributed by atoms with Crippen molar-refractivity contribution in [2.24, 2.45) is 28.1 Å². The number of nitrogens with zero attached hydrogens (tertiary/aromatic N) is 1. The predicted molar refractivity (Wildman–Crippen MR) is 109 cm³/mol. The average molecular weight is 431 g/mol. The molecule has 0 aromatic heterocycles. The van der Waals surface area contributed by atoms with Crippen molar-refractivity contribution < 1.29 is 29.4 Å². The number of aliphatic hydroxyl groups excluding tert-OH is 1. The first-order chi connectivity index (χ1) is 13.9. The van der Waals surface area contributed by atoms with E-state index in [-0.39, 0.29) is 24.8 Å². The highest BCUT2D eigenvalue weighted by Gasteiger charge is 2.30. The monoisotopic (exact) mass is 431 g/mol. The van der Waals surface area contributed by atoms with Gasteiger partial charge in [0, 0.05) is 6.54 Å². The minimum Gasteiger partial charge on any atom is -0.480 e. The molecular formula is C17H33N7O6. The number of carboxylic acid groups (broad SMARTS) is 1. The van der Waals surface area contributed by atoms with Crippen LogP contribution in [0.5, 0.6) is 0 Å². The highest BCUT2D eigenvalue weighted by Crippen LogP contribution is 2.06. The first kappa shape index (κ1) is 27.1. The van der Waals surface area contributed by atoms with Gasteiger partial charge in [0.25, 0.3) is 0 Å². The summed E-state index contributed by atoms with van der Waals surface area (Å²) in [6, 6.07) is -4.44. The molecule has 0 aliphatic heterocycles. The van der Waals surface area contributed by atoms with E-state index in [9.17, 15) is 24.3 Å². The number of carbonyl (C=O) groups is 4. The lowest BCUT2D eigenvalue weighted by Gasteiger charge is -2.25. The molecule has 0 saturated heterocycles. The van der Waals surface area contributed by atoms with Crippen molar-refractivity contribution in [3.05, 3.63) is 0 Å². The molecule has 0 saturated carbocycles. The Hall–Kier alpha value is -2.93. The molecular weight excluding hydrogens is 398 g/mol. The van der Waals surface area contributed by atoms with Gasteiger partial charge in [-0.2, -0.15) is 0 Å². The number of aliphatic hydroxyl groups is 1. The minimum atomic E-state index is -1.24. The van der Waals surface area contributed by atoms with Crippen LogP contribution in [0.15, 0.2) is 4.99 Å². The van der Waals surface area contributed by atoms with E-state index in [0.717, 1.165) is 0 Å². The van der Waals surface area contributed by atoms with E-state index in [0.29, 0.717) is 6.42 Å². The lowest BCUT2D eigenvalue weighted by Crippen LogP contribution is -2.58. The van der Waals surface area contributed by atoms with Crippen molar-refractivity contribution >= 4 is 29.7 Å². The number of carbonyl (C=O) groups excluding carboxylic acids is 3. The van der Waals surface area contributed by atoms with Crippen LogP contribution in [0.2, 0.25) is 0 Å². The average Bonchev–Trinajstić information content (AvgIpc) is 2.66. The van der Waals surface area contributed by atoms with Gasteiger partial charge in [-0.05, 0) is 25.7 Å². The summed E-state index contributed by atoms with van der Waals surface area (Å²) in [5, 5.41) is 25.4. The summed E-state index contributed by atoms with van der Waals surface area (Å²) in [7, 11) is 0. The van der Waals surface area contributed by atoms with Gasteiger partial charge in [0.05, 0.1) is 6.61 Å². The number of aliphatic carboxylic acids is 1. The fraction of sp³-hybridized carbons (Fsp3) is 0.706. The Morgan fingerprint density at radius 1 is 0.967 bits per heavy atom. The molecule has 0 spiro atoms. The van der Waals surface area contributed by atoms with Crippen molar-refractivity contribution in [3.63, 3.8) is 0 Å². The van der Waals surface area contributed by atoms with E-state index in [1.54, 1.807) is 13.8 Å². The van der Waals surface area contributed by atoms with Crippen LogP contribution >= 0.6 is 0 Å². The molecule has 0 aliphatic rings. The molecule has 13 heteroatoms. The summed E-state index contributed by atoms with van der Waals surface area (Å²) in [5.41, 5.74) is 15.8. The summed E-state index contributed by atoms with van der Waals surface area (Å²) in [6.45, 7) is 4.35. The predicted octanol–water partition coefficient (Wildman–Crippen LogP) is -3.43. The summed E-state index contributed by atoms with van der Waals surface area (Å²) in [5.74, 6) is -3.79. The zero-order valence-electron chi connectivity index (χ0n) is 17.4. The third-order valence-electron chi connectivity index (χ3n) is 4.09. The van der Waals surface area contributed by atoms with E-state index in [4.69, 9.17) is 22.3 Å². The van der Waals surface area contributed by atoms with Crippen LogP contribution < -0.4 is 33.2 Å². The van der Waals surface area contributed by atoms with Crippen molar-refractivity contribution in [1.82, 2.24) is 16.0 Å². The molecule has 0 bridgehead atoms. The van der Waals surface area contributed by atoms with Crippen molar-refractivity contribution in [3.8, 4) is 0 Å². The van der Waals surface area contributed by atoms with Gasteiger partial charge in [-0.1, -0.05) is 13.8 Å². The number of nitrogens with two attached hydrogens (primary N) is 3. The number of hydrogen-bond acceptors (Lipinski definition) is 7. The number of amides is 3.